The molecule has 1 fully saturated rings. The first-order chi connectivity index (χ1) is 23.1. The quantitative estimate of drug-likeness (QED) is 0.151. The van der Waals surface area contributed by atoms with E-state index in [1.54, 1.807) is 29.2 Å². The van der Waals surface area contributed by atoms with Gasteiger partial charge in [-0.1, -0.05) is 56.3 Å². The van der Waals surface area contributed by atoms with Crippen molar-refractivity contribution in [2.24, 2.45) is 5.16 Å². The lowest BCUT2D eigenvalue weighted by Crippen LogP contribution is -2.66. The fourth-order valence-corrected chi connectivity index (χ4v) is 5.52. The number of anilines is 1. The monoisotopic (exact) mass is 681 g/mol. The molecule has 49 heavy (non-hydrogen) atoms. The van der Waals surface area contributed by atoms with Crippen LogP contribution in [0.1, 0.15) is 66.0 Å². The zero-order chi connectivity index (χ0) is 35.9. The predicted molar refractivity (Wildman–Crippen MR) is 176 cm³/mol. The average Bonchev–Trinajstić information content (AvgIpc) is 3.28. The molecule has 14 heteroatoms. The van der Waals surface area contributed by atoms with Crippen molar-refractivity contribution in [2.45, 2.75) is 90.9 Å². The maximum atomic E-state index is 13.7. The van der Waals surface area contributed by atoms with Crippen LogP contribution >= 0.6 is 0 Å². The van der Waals surface area contributed by atoms with Crippen LogP contribution in [0.25, 0.3) is 0 Å². The van der Waals surface area contributed by atoms with Crippen LogP contribution in [0.15, 0.2) is 53.7 Å². The molecule has 2 aromatic rings. The van der Waals surface area contributed by atoms with E-state index >= 15 is 0 Å². The highest BCUT2D eigenvalue weighted by atomic mass is 16.8. The molecule has 2 heterocycles. The van der Waals surface area contributed by atoms with Gasteiger partial charge in [-0.15, -0.1) is 0 Å². The van der Waals surface area contributed by atoms with Crippen LogP contribution in [0.5, 0.6) is 5.75 Å². The number of carbonyl (C=O) groups excluding carboxylic acids is 5. The van der Waals surface area contributed by atoms with Crippen molar-refractivity contribution < 1.29 is 52.5 Å². The Kier molecular flexibility index (Phi) is 12.0. The number of ether oxygens (including phenoxy) is 5. The number of amides is 2. The molecule has 2 aromatic carbocycles. The van der Waals surface area contributed by atoms with Crippen molar-refractivity contribution >= 4 is 41.1 Å². The van der Waals surface area contributed by atoms with Gasteiger partial charge in [-0.25, -0.2) is 0 Å². The van der Waals surface area contributed by atoms with Crippen molar-refractivity contribution in [1.82, 2.24) is 5.32 Å². The van der Waals surface area contributed by atoms with Gasteiger partial charge in [0.1, 0.15) is 24.5 Å². The van der Waals surface area contributed by atoms with E-state index < -0.39 is 67.0 Å². The number of hydrogen-bond donors (Lipinski definition) is 1. The first kappa shape index (κ1) is 36.8. The summed E-state index contributed by atoms with van der Waals surface area (Å²) in [6, 6.07) is 13.7. The van der Waals surface area contributed by atoms with E-state index in [9.17, 15) is 24.0 Å². The Morgan fingerprint density at radius 3 is 2.16 bits per heavy atom. The third-order valence-corrected chi connectivity index (χ3v) is 7.73. The zero-order valence-corrected chi connectivity index (χ0v) is 28.7. The Morgan fingerprint density at radius 1 is 0.898 bits per heavy atom. The number of nitrogens with one attached hydrogen (secondary N) is 1. The number of benzene rings is 2. The van der Waals surface area contributed by atoms with E-state index in [1.807, 2.05) is 24.3 Å². The van der Waals surface area contributed by atoms with Crippen molar-refractivity contribution in [3.63, 3.8) is 0 Å². The number of oxime groups is 1. The van der Waals surface area contributed by atoms with Crippen LogP contribution in [-0.2, 0) is 53.2 Å². The maximum absolute atomic E-state index is 13.7. The SMILES string of the molecule is CC(=O)N[C@H]1[C@H](O/N=C2/C(=O)N(CCCOc3ccc(C(C)(C)C)cc3)c3ccccc32)O[C@H](COC(C)=O)[C@@H](OC(C)=O)[C@@H]1OC(C)=O. The van der Waals surface area contributed by atoms with Gasteiger partial charge in [0.05, 0.1) is 12.3 Å². The Labute approximate surface area is 285 Å². The minimum Gasteiger partial charge on any atom is -0.494 e. The van der Waals surface area contributed by atoms with Gasteiger partial charge in [0.25, 0.3) is 12.2 Å². The van der Waals surface area contributed by atoms with Crippen molar-refractivity contribution in [3.05, 3.63) is 59.7 Å². The lowest BCUT2D eigenvalue weighted by molar-refractivity contribution is -0.278. The van der Waals surface area contributed by atoms with Crippen LogP contribution in [0, 0.1) is 0 Å². The van der Waals surface area contributed by atoms with Gasteiger partial charge in [0.15, 0.2) is 17.9 Å². The standard InChI is InChI=1S/C35H43N3O11/c1-20(39)36-30-32(47-23(4)42)31(46-22(3)41)28(19-45-21(2)40)48-34(30)49-37-29-26-11-8-9-12-27(26)38(33(29)43)17-10-18-44-25-15-13-24(14-16-25)35(5,6)7/h8-9,11-16,28,30-32,34H,10,17-19H2,1-7H3,(H,36,39)/b37-29+/t28-,30-,31-,32-,34+/m1/s1. The highest BCUT2D eigenvalue weighted by molar-refractivity contribution is 6.54. The molecule has 4 rings (SSSR count). The molecule has 0 saturated carbocycles. The predicted octanol–water partition coefficient (Wildman–Crippen LogP) is 3.18. The smallest absolute Gasteiger partial charge is 0.303 e. The second kappa shape index (κ2) is 15.9. The van der Waals surface area contributed by atoms with Gasteiger partial charge >= 0.3 is 17.9 Å². The summed E-state index contributed by atoms with van der Waals surface area (Å²) in [4.78, 5) is 69.1. The summed E-state index contributed by atoms with van der Waals surface area (Å²) in [5.41, 5.74) is 2.32. The van der Waals surface area contributed by atoms with Crippen LogP contribution in [0.2, 0.25) is 0 Å². The van der Waals surface area contributed by atoms with E-state index in [4.69, 9.17) is 28.5 Å². The van der Waals surface area contributed by atoms with Crippen molar-refractivity contribution in [1.29, 1.82) is 0 Å². The fraction of sp³-hybridized carbons (Fsp3) is 0.486. The van der Waals surface area contributed by atoms with Gasteiger partial charge in [-0.2, -0.15) is 0 Å². The molecule has 0 aliphatic carbocycles. The number of esters is 3. The van der Waals surface area contributed by atoms with Crippen LogP contribution in [0.4, 0.5) is 5.69 Å². The molecule has 1 saturated heterocycles. The third kappa shape index (κ3) is 9.56. The normalized spacial score (nSPS) is 22.6. The summed E-state index contributed by atoms with van der Waals surface area (Å²) in [7, 11) is 0. The van der Waals surface area contributed by atoms with Crippen LogP contribution in [-0.4, -0.2) is 85.8 Å². The zero-order valence-electron chi connectivity index (χ0n) is 28.7. The largest absolute Gasteiger partial charge is 0.494 e. The van der Waals surface area contributed by atoms with Gasteiger partial charge in [-0.05, 0) is 35.6 Å². The summed E-state index contributed by atoms with van der Waals surface area (Å²) >= 11 is 0. The number of nitrogens with zero attached hydrogens (tertiary/aromatic N) is 2. The van der Waals surface area contributed by atoms with Crippen molar-refractivity contribution in [3.8, 4) is 5.75 Å². The number of fused-ring (bicyclic) bond motifs is 1. The molecule has 14 nitrogen and oxygen atoms in total. The van der Waals surface area contributed by atoms with Crippen molar-refractivity contribution in [2.75, 3.05) is 24.7 Å². The molecule has 0 unspecified atom stereocenters. The Hall–Kier alpha value is -4.98. The molecule has 0 bridgehead atoms. The number of para-hydroxylation sites is 1. The lowest BCUT2D eigenvalue weighted by Gasteiger charge is -2.43. The van der Waals surface area contributed by atoms with E-state index in [0.717, 1.165) is 19.6 Å². The summed E-state index contributed by atoms with van der Waals surface area (Å²) in [6.45, 7) is 11.4. The molecular weight excluding hydrogens is 638 g/mol. The molecule has 2 amide bonds. The summed E-state index contributed by atoms with van der Waals surface area (Å²) in [6.07, 6.45) is -4.78. The Balaban J connectivity index is 1.54. The second-order valence-corrected chi connectivity index (χ2v) is 12.7. The first-order valence-electron chi connectivity index (χ1n) is 15.9. The van der Waals surface area contributed by atoms with Gasteiger partial charge < -0.3 is 38.7 Å². The molecule has 1 N–H and O–H groups in total. The van der Waals surface area contributed by atoms with E-state index in [-0.39, 0.29) is 11.1 Å². The molecule has 2 aliphatic rings. The summed E-state index contributed by atoms with van der Waals surface area (Å²) in [5.74, 6) is -2.39. The fourth-order valence-electron chi connectivity index (χ4n) is 5.52. The number of carbonyl (C=O) groups is 5. The van der Waals surface area contributed by atoms with Gasteiger partial charge in [0.2, 0.25) is 5.91 Å². The number of hydrogen-bond acceptors (Lipinski definition) is 12. The first-order valence-corrected chi connectivity index (χ1v) is 15.9. The second-order valence-electron chi connectivity index (χ2n) is 12.7. The Morgan fingerprint density at radius 2 is 1.55 bits per heavy atom. The molecular formula is C35H43N3O11. The van der Waals surface area contributed by atoms with Crippen LogP contribution in [0.3, 0.4) is 0 Å². The van der Waals surface area contributed by atoms with Gasteiger partial charge in [-0.3, -0.25) is 24.0 Å². The third-order valence-electron chi connectivity index (χ3n) is 7.73. The minimum atomic E-state index is -1.47. The maximum Gasteiger partial charge on any atom is 0.303 e. The van der Waals surface area contributed by atoms with Gasteiger partial charge in [0, 0.05) is 39.8 Å². The molecule has 0 spiro atoms. The highest BCUT2D eigenvalue weighted by Gasteiger charge is 2.52. The van der Waals surface area contributed by atoms with E-state index in [1.165, 1.54) is 19.4 Å². The highest BCUT2D eigenvalue weighted by Crippen LogP contribution is 2.32. The summed E-state index contributed by atoms with van der Waals surface area (Å²) < 4.78 is 27.9. The van der Waals surface area contributed by atoms with E-state index in [2.05, 4.69) is 31.2 Å². The molecule has 2 aliphatic heterocycles. The number of rotatable bonds is 12. The van der Waals surface area contributed by atoms with E-state index in [0.29, 0.717) is 30.8 Å². The minimum absolute atomic E-state index is 0.0258. The molecule has 264 valence electrons. The lowest BCUT2D eigenvalue weighted by atomic mass is 9.87. The van der Waals surface area contributed by atoms with Crippen LogP contribution < -0.4 is 15.0 Å². The summed E-state index contributed by atoms with van der Waals surface area (Å²) in [5, 5.41) is 6.78. The molecule has 5 atom stereocenters. The Bertz CT molecular complexity index is 1570. The average molecular weight is 682 g/mol. The molecule has 0 radical (unpaired) electrons. The topological polar surface area (TPSA) is 168 Å². The molecule has 0 aromatic heterocycles.